The molecule has 1 unspecified atom stereocenters. The van der Waals surface area contributed by atoms with E-state index in [0.717, 1.165) is 25.7 Å². The molecule has 0 bridgehead atoms. The van der Waals surface area contributed by atoms with Gasteiger partial charge in [-0.15, -0.1) is 11.3 Å². The van der Waals surface area contributed by atoms with E-state index in [-0.39, 0.29) is 11.8 Å². The molecule has 1 aliphatic carbocycles. The molecular weight excluding hydrogens is 224 g/mol. The Morgan fingerprint density at radius 3 is 2.88 bits per heavy atom. The van der Waals surface area contributed by atoms with Gasteiger partial charge < -0.3 is 10.4 Å². The molecule has 2 N–H and O–H groups in total. The van der Waals surface area contributed by atoms with E-state index in [1.165, 1.54) is 11.3 Å². The second kappa shape index (κ2) is 4.93. The van der Waals surface area contributed by atoms with E-state index in [9.17, 15) is 9.90 Å². The Kier molecular flexibility index (Phi) is 3.56. The van der Waals surface area contributed by atoms with Gasteiger partial charge in [0.15, 0.2) is 5.13 Å². The number of anilines is 1. The zero-order valence-corrected chi connectivity index (χ0v) is 10.1. The van der Waals surface area contributed by atoms with E-state index < -0.39 is 6.10 Å². The number of carbonyl (C=O) groups excluding carboxylic acids is 1. The van der Waals surface area contributed by atoms with Gasteiger partial charge in [0, 0.05) is 11.3 Å². The van der Waals surface area contributed by atoms with Crippen LogP contribution >= 0.6 is 11.3 Å². The van der Waals surface area contributed by atoms with Crippen molar-refractivity contribution in [2.45, 2.75) is 38.7 Å². The number of aromatic nitrogens is 1. The maximum Gasteiger partial charge on any atom is 0.229 e. The second-order valence-corrected chi connectivity index (χ2v) is 5.08. The van der Waals surface area contributed by atoms with Gasteiger partial charge in [0.2, 0.25) is 5.91 Å². The van der Waals surface area contributed by atoms with Crippen LogP contribution in [0.1, 0.15) is 44.4 Å². The molecule has 4 nitrogen and oxygen atoms in total. The first-order chi connectivity index (χ1) is 7.66. The van der Waals surface area contributed by atoms with E-state index in [1.807, 2.05) is 0 Å². The predicted molar refractivity (Wildman–Crippen MR) is 63.3 cm³/mol. The third kappa shape index (κ3) is 2.59. The Morgan fingerprint density at radius 1 is 1.62 bits per heavy atom. The lowest BCUT2D eigenvalue weighted by atomic mass is 10.1. The Hall–Kier alpha value is -0.940. The van der Waals surface area contributed by atoms with Gasteiger partial charge in [-0.05, 0) is 19.8 Å². The lowest BCUT2D eigenvalue weighted by Crippen LogP contribution is -2.20. The van der Waals surface area contributed by atoms with Crippen LogP contribution in [0.25, 0.3) is 0 Å². The van der Waals surface area contributed by atoms with Gasteiger partial charge >= 0.3 is 0 Å². The molecule has 16 heavy (non-hydrogen) atoms. The molecular formula is C11H16N2O2S. The number of nitrogens with one attached hydrogen (secondary N) is 1. The van der Waals surface area contributed by atoms with Crippen LogP contribution in [0.5, 0.6) is 0 Å². The number of rotatable bonds is 3. The van der Waals surface area contributed by atoms with Gasteiger partial charge in [-0.25, -0.2) is 4.98 Å². The van der Waals surface area contributed by atoms with Gasteiger partial charge in [-0.3, -0.25) is 4.79 Å². The first-order valence-electron chi connectivity index (χ1n) is 5.61. The van der Waals surface area contributed by atoms with Gasteiger partial charge in [0.05, 0.1) is 11.8 Å². The molecule has 88 valence electrons. The summed E-state index contributed by atoms with van der Waals surface area (Å²) in [5.41, 5.74) is 0.617. The highest BCUT2D eigenvalue weighted by Gasteiger charge is 2.23. The summed E-state index contributed by atoms with van der Waals surface area (Å²) in [4.78, 5) is 15.9. The van der Waals surface area contributed by atoms with Crippen LogP contribution in [0.3, 0.4) is 0 Å². The average Bonchev–Trinajstić information content (AvgIpc) is 2.87. The number of hydrogen-bond acceptors (Lipinski definition) is 4. The number of aliphatic hydroxyl groups excluding tert-OH is 1. The summed E-state index contributed by atoms with van der Waals surface area (Å²) in [7, 11) is 0. The van der Waals surface area contributed by atoms with Crippen LogP contribution in [-0.4, -0.2) is 16.0 Å². The molecule has 1 fully saturated rings. The molecule has 2 rings (SSSR count). The van der Waals surface area contributed by atoms with Crippen molar-refractivity contribution in [3.05, 3.63) is 11.1 Å². The summed E-state index contributed by atoms with van der Waals surface area (Å²) in [5, 5.41) is 14.5. The van der Waals surface area contributed by atoms with Crippen LogP contribution in [-0.2, 0) is 4.79 Å². The van der Waals surface area contributed by atoms with E-state index >= 15 is 0 Å². The van der Waals surface area contributed by atoms with E-state index in [1.54, 1.807) is 12.3 Å². The van der Waals surface area contributed by atoms with Crippen molar-refractivity contribution in [3.63, 3.8) is 0 Å². The minimum Gasteiger partial charge on any atom is -0.387 e. The van der Waals surface area contributed by atoms with Gasteiger partial charge in [0.25, 0.3) is 0 Å². The van der Waals surface area contributed by atoms with Crippen LogP contribution in [0.4, 0.5) is 5.13 Å². The molecule has 1 aliphatic rings. The summed E-state index contributed by atoms with van der Waals surface area (Å²) in [5.74, 6) is 0.225. The molecule has 1 aromatic rings. The second-order valence-electron chi connectivity index (χ2n) is 4.22. The lowest BCUT2D eigenvalue weighted by Gasteiger charge is -2.07. The molecule has 5 heteroatoms. The van der Waals surface area contributed by atoms with Crippen molar-refractivity contribution < 1.29 is 9.90 Å². The molecule has 0 saturated heterocycles. The molecule has 0 spiro atoms. The molecule has 0 aliphatic heterocycles. The quantitative estimate of drug-likeness (QED) is 0.852. The average molecular weight is 240 g/mol. The topological polar surface area (TPSA) is 62.2 Å². The number of aliphatic hydroxyl groups is 1. The lowest BCUT2D eigenvalue weighted by molar-refractivity contribution is -0.119. The first-order valence-corrected chi connectivity index (χ1v) is 6.49. The monoisotopic (exact) mass is 240 g/mol. The standard InChI is InChI=1S/C11H16N2O2S/c1-7(14)9-6-16-11(12-9)13-10(15)8-4-2-3-5-8/h6-8,14H,2-5H2,1H3,(H,12,13,15). The highest BCUT2D eigenvalue weighted by molar-refractivity contribution is 7.13. The smallest absolute Gasteiger partial charge is 0.229 e. The van der Waals surface area contributed by atoms with E-state index in [4.69, 9.17) is 0 Å². The summed E-state index contributed by atoms with van der Waals surface area (Å²) < 4.78 is 0. The highest BCUT2D eigenvalue weighted by Crippen LogP contribution is 2.27. The molecule has 1 saturated carbocycles. The Balaban J connectivity index is 1.95. The van der Waals surface area contributed by atoms with Crippen molar-refractivity contribution in [2.24, 2.45) is 5.92 Å². The number of amides is 1. The minimum atomic E-state index is -0.576. The van der Waals surface area contributed by atoms with Gasteiger partial charge in [-0.2, -0.15) is 0 Å². The molecule has 1 atom stereocenters. The van der Waals surface area contributed by atoms with Crippen LogP contribution in [0.15, 0.2) is 5.38 Å². The van der Waals surface area contributed by atoms with Gasteiger partial charge in [-0.1, -0.05) is 12.8 Å². The Bertz CT molecular complexity index is 370. The minimum absolute atomic E-state index is 0.0731. The number of carbonyl (C=O) groups is 1. The van der Waals surface area contributed by atoms with Crippen molar-refractivity contribution in [3.8, 4) is 0 Å². The maximum absolute atomic E-state index is 11.8. The molecule has 0 aromatic carbocycles. The molecule has 0 radical (unpaired) electrons. The zero-order valence-electron chi connectivity index (χ0n) is 9.27. The molecule has 1 amide bonds. The molecule has 1 aromatic heterocycles. The third-order valence-electron chi connectivity index (χ3n) is 2.91. The molecule has 1 heterocycles. The van der Waals surface area contributed by atoms with Crippen molar-refractivity contribution in [2.75, 3.05) is 5.32 Å². The Morgan fingerprint density at radius 2 is 2.31 bits per heavy atom. The highest BCUT2D eigenvalue weighted by atomic mass is 32.1. The maximum atomic E-state index is 11.8. The van der Waals surface area contributed by atoms with E-state index in [2.05, 4.69) is 10.3 Å². The fraction of sp³-hybridized carbons (Fsp3) is 0.636. The Labute approximate surface area is 98.7 Å². The number of thiazole rings is 1. The summed E-state index contributed by atoms with van der Waals surface area (Å²) in [6.45, 7) is 1.66. The summed E-state index contributed by atoms with van der Waals surface area (Å²) in [6, 6.07) is 0. The largest absolute Gasteiger partial charge is 0.387 e. The van der Waals surface area contributed by atoms with Crippen LogP contribution in [0, 0.1) is 5.92 Å². The number of nitrogens with zero attached hydrogens (tertiary/aromatic N) is 1. The third-order valence-corrected chi connectivity index (χ3v) is 3.68. The number of hydrogen-bond donors (Lipinski definition) is 2. The van der Waals surface area contributed by atoms with Crippen LogP contribution < -0.4 is 5.32 Å². The summed E-state index contributed by atoms with van der Waals surface area (Å²) in [6.07, 6.45) is 3.69. The fourth-order valence-corrected chi connectivity index (χ4v) is 2.73. The van der Waals surface area contributed by atoms with Crippen molar-refractivity contribution in [1.29, 1.82) is 0 Å². The first kappa shape index (κ1) is 11.5. The van der Waals surface area contributed by atoms with Crippen molar-refractivity contribution in [1.82, 2.24) is 4.98 Å². The normalized spacial score (nSPS) is 18.6. The fourth-order valence-electron chi connectivity index (χ4n) is 1.93. The predicted octanol–water partition coefficient (Wildman–Crippen LogP) is 2.33. The van der Waals surface area contributed by atoms with Crippen LogP contribution in [0.2, 0.25) is 0 Å². The van der Waals surface area contributed by atoms with Crippen molar-refractivity contribution >= 4 is 22.4 Å². The van der Waals surface area contributed by atoms with E-state index in [0.29, 0.717) is 10.8 Å². The summed E-state index contributed by atoms with van der Waals surface area (Å²) >= 11 is 1.36. The van der Waals surface area contributed by atoms with Gasteiger partial charge in [0.1, 0.15) is 0 Å². The zero-order chi connectivity index (χ0) is 11.5. The SMILES string of the molecule is CC(O)c1csc(NC(=O)C2CCCC2)n1.